The fourth-order valence-corrected chi connectivity index (χ4v) is 2.64. The van der Waals surface area contributed by atoms with Gasteiger partial charge < -0.3 is 14.8 Å². The molecule has 1 N–H and O–H groups in total. The Morgan fingerprint density at radius 1 is 1.33 bits per heavy atom. The number of hydrogen-bond acceptors (Lipinski definition) is 4. The van der Waals surface area contributed by atoms with Gasteiger partial charge in [-0.05, 0) is 25.0 Å². The summed E-state index contributed by atoms with van der Waals surface area (Å²) in [6.07, 6.45) is 2.46. The highest BCUT2D eigenvalue weighted by molar-refractivity contribution is 5.93. The van der Waals surface area contributed by atoms with Crippen LogP contribution in [0.25, 0.3) is 0 Å². The normalized spacial score (nSPS) is 18.1. The van der Waals surface area contributed by atoms with E-state index < -0.39 is 0 Å². The average molecular weight is 326 g/mol. The summed E-state index contributed by atoms with van der Waals surface area (Å²) >= 11 is 0. The van der Waals surface area contributed by atoms with Gasteiger partial charge in [0.1, 0.15) is 6.10 Å². The van der Waals surface area contributed by atoms with E-state index in [4.69, 9.17) is 9.47 Å². The molecule has 1 aromatic carbocycles. The minimum atomic E-state index is -0.114. The summed E-state index contributed by atoms with van der Waals surface area (Å²) in [6.45, 7) is 4.12. The molecule has 1 amide bonds. The second-order valence-corrected chi connectivity index (χ2v) is 6.00. The van der Waals surface area contributed by atoms with Crippen molar-refractivity contribution in [3.63, 3.8) is 0 Å². The van der Waals surface area contributed by atoms with Gasteiger partial charge in [-0.2, -0.15) is 0 Å². The number of nitrogens with zero attached hydrogens (tertiary/aromatic N) is 1. The Balaban J connectivity index is 1.53. The maximum Gasteiger partial charge on any atom is 0.252 e. The van der Waals surface area contributed by atoms with Crippen LogP contribution in [0.5, 0.6) is 5.88 Å². The lowest BCUT2D eigenvalue weighted by Gasteiger charge is -2.14. The summed E-state index contributed by atoms with van der Waals surface area (Å²) in [5.41, 5.74) is 1.62. The fraction of sp³-hybridized carbons (Fsp3) is 0.368. The molecular formula is C19H22N2O3. The minimum Gasteiger partial charge on any atom is -0.470 e. The van der Waals surface area contributed by atoms with Crippen LogP contribution in [0.1, 0.15) is 35.4 Å². The van der Waals surface area contributed by atoms with E-state index in [-0.39, 0.29) is 12.0 Å². The van der Waals surface area contributed by atoms with Crippen LogP contribution >= 0.6 is 0 Å². The highest BCUT2D eigenvalue weighted by Gasteiger charge is 2.17. The molecule has 0 unspecified atom stereocenters. The fourth-order valence-electron chi connectivity index (χ4n) is 2.64. The number of amides is 1. The van der Waals surface area contributed by atoms with E-state index in [0.717, 1.165) is 25.2 Å². The van der Waals surface area contributed by atoms with Gasteiger partial charge in [-0.15, -0.1) is 0 Å². The molecule has 3 rings (SSSR count). The first-order valence-electron chi connectivity index (χ1n) is 8.26. The van der Waals surface area contributed by atoms with Crippen molar-refractivity contribution in [2.45, 2.75) is 19.4 Å². The average Bonchev–Trinajstić information content (AvgIpc) is 3.14. The number of rotatable bonds is 6. The summed E-state index contributed by atoms with van der Waals surface area (Å²) in [4.78, 5) is 16.4. The molecule has 2 heterocycles. The summed E-state index contributed by atoms with van der Waals surface area (Å²) in [5.74, 6) is 0.806. The Morgan fingerprint density at radius 3 is 2.83 bits per heavy atom. The van der Waals surface area contributed by atoms with Crippen molar-refractivity contribution in [2.24, 2.45) is 5.92 Å². The number of ether oxygens (including phenoxy) is 2. The minimum absolute atomic E-state index is 0.0965. The summed E-state index contributed by atoms with van der Waals surface area (Å²) in [5, 5.41) is 2.93. The Hall–Kier alpha value is -2.40. The van der Waals surface area contributed by atoms with Gasteiger partial charge in [0.15, 0.2) is 0 Å². The van der Waals surface area contributed by atoms with E-state index in [1.165, 1.54) is 0 Å². The number of nitrogens with one attached hydrogen (secondary N) is 1. The van der Waals surface area contributed by atoms with Gasteiger partial charge >= 0.3 is 0 Å². The molecule has 1 aliphatic heterocycles. The molecule has 0 saturated carbocycles. The predicted molar refractivity (Wildman–Crippen MR) is 91.0 cm³/mol. The topological polar surface area (TPSA) is 60.5 Å². The second-order valence-electron chi connectivity index (χ2n) is 6.00. The van der Waals surface area contributed by atoms with Crippen LogP contribution in [0, 0.1) is 5.92 Å². The zero-order valence-electron chi connectivity index (χ0n) is 13.8. The van der Waals surface area contributed by atoms with Gasteiger partial charge in [-0.25, -0.2) is 4.98 Å². The SMILES string of the molecule is C[C@@H](Oc1ccc(C(=O)NC[C@@H]2CCOC2)cn1)c1ccccc1. The van der Waals surface area contributed by atoms with Crippen molar-refractivity contribution < 1.29 is 14.3 Å². The quantitative estimate of drug-likeness (QED) is 0.886. The summed E-state index contributed by atoms with van der Waals surface area (Å²) < 4.78 is 11.1. The molecule has 24 heavy (non-hydrogen) atoms. The molecule has 0 bridgehead atoms. The highest BCUT2D eigenvalue weighted by Crippen LogP contribution is 2.19. The van der Waals surface area contributed by atoms with Crippen molar-refractivity contribution >= 4 is 5.91 Å². The zero-order valence-corrected chi connectivity index (χ0v) is 13.8. The number of benzene rings is 1. The molecule has 2 aromatic rings. The molecule has 1 fully saturated rings. The Kier molecular flexibility index (Phi) is 5.43. The van der Waals surface area contributed by atoms with Gasteiger partial charge in [0.05, 0.1) is 12.2 Å². The lowest BCUT2D eigenvalue weighted by molar-refractivity contribution is 0.0944. The first kappa shape index (κ1) is 16.5. The van der Waals surface area contributed by atoms with Crippen molar-refractivity contribution in [1.82, 2.24) is 10.3 Å². The van der Waals surface area contributed by atoms with Crippen LogP contribution in [-0.4, -0.2) is 30.6 Å². The number of aromatic nitrogens is 1. The third kappa shape index (κ3) is 4.32. The van der Waals surface area contributed by atoms with Crippen molar-refractivity contribution in [3.8, 4) is 5.88 Å². The maximum absolute atomic E-state index is 12.1. The smallest absolute Gasteiger partial charge is 0.252 e. The molecule has 1 saturated heterocycles. The van der Waals surface area contributed by atoms with E-state index in [9.17, 15) is 4.79 Å². The number of carbonyl (C=O) groups is 1. The summed E-state index contributed by atoms with van der Waals surface area (Å²) in [6, 6.07) is 13.4. The number of pyridine rings is 1. The molecule has 0 aliphatic carbocycles. The van der Waals surface area contributed by atoms with Gasteiger partial charge in [0.2, 0.25) is 5.88 Å². The van der Waals surface area contributed by atoms with Crippen molar-refractivity contribution in [1.29, 1.82) is 0 Å². The molecular weight excluding hydrogens is 304 g/mol. The van der Waals surface area contributed by atoms with Crippen LogP contribution in [-0.2, 0) is 4.74 Å². The molecule has 5 nitrogen and oxygen atoms in total. The second kappa shape index (κ2) is 7.93. The van der Waals surface area contributed by atoms with Crippen LogP contribution < -0.4 is 10.1 Å². The number of hydrogen-bond donors (Lipinski definition) is 1. The first-order valence-corrected chi connectivity index (χ1v) is 8.26. The van der Waals surface area contributed by atoms with Crippen LogP contribution in [0.15, 0.2) is 48.7 Å². The monoisotopic (exact) mass is 326 g/mol. The van der Waals surface area contributed by atoms with Gasteiger partial charge in [-0.1, -0.05) is 30.3 Å². The van der Waals surface area contributed by atoms with E-state index in [0.29, 0.717) is 23.9 Å². The van der Waals surface area contributed by atoms with Crippen molar-refractivity contribution in [3.05, 3.63) is 59.8 Å². The Labute approximate surface area is 142 Å². The third-order valence-corrected chi connectivity index (χ3v) is 4.14. The van der Waals surface area contributed by atoms with E-state index in [1.54, 1.807) is 18.3 Å². The molecule has 5 heteroatoms. The lowest BCUT2D eigenvalue weighted by atomic mass is 10.1. The maximum atomic E-state index is 12.1. The van der Waals surface area contributed by atoms with Gasteiger partial charge in [0, 0.05) is 31.3 Å². The van der Waals surface area contributed by atoms with Crippen LogP contribution in [0.4, 0.5) is 0 Å². The van der Waals surface area contributed by atoms with Crippen LogP contribution in [0.3, 0.4) is 0 Å². The predicted octanol–water partition coefficient (Wildman–Crippen LogP) is 2.99. The van der Waals surface area contributed by atoms with Gasteiger partial charge in [0.25, 0.3) is 5.91 Å². The molecule has 126 valence electrons. The van der Waals surface area contributed by atoms with E-state index in [1.807, 2.05) is 37.3 Å². The molecule has 1 aromatic heterocycles. The molecule has 0 radical (unpaired) electrons. The molecule has 2 atom stereocenters. The lowest BCUT2D eigenvalue weighted by Crippen LogP contribution is -2.29. The number of carbonyl (C=O) groups excluding carboxylic acids is 1. The summed E-state index contributed by atoms with van der Waals surface area (Å²) in [7, 11) is 0. The third-order valence-electron chi connectivity index (χ3n) is 4.14. The van der Waals surface area contributed by atoms with Crippen LogP contribution in [0.2, 0.25) is 0 Å². The Morgan fingerprint density at radius 2 is 2.17 bits per heavy atom. The highest BCUT2D eigenvalue weighted by atomic mass is 16.5. The van der Waals surface area contributed by atoms with E-state index >= 15 is 0 Å². The van der Waals surface area contributed by atoms with Gasteiger partial charge in [-0.3, -0.25) is 4.79 Å². The molecule has 0 spiro atoms. The molecule has 1 aliphatic rings. The standard InChI is InChI=1S/C19H22N2O3/c1-14(16-5-3-2-4-6-16)24-18-8-7-17(12-20-18)19(22)21-11-15-9-10-23-13-15/h2-8,12,14-15H,9-11,13H2,1H3,(H,21,22)/t14-,15+/m1/s1. The van der Waals surface area contributed by atoms with Crippen molar-refractivity contribution in [2.75, 3.05) is 19.8 Å². The first-order chi connectivity index (χ1) is 11.7. The largest absolute Gasteiger partial charge is 0.470 e. The zero-order chi connectivity index (χ0) is 16.8. The van der Waals surface area contributed by atoms with E-state index in [2.05, 4.69) is 10.3 Å². The Bertz CT molecular complexity index is 652.